The fourth-order valence-corrected chi connectivity index (χ4v) is 4.23. The van der Waals surface area contributed by atoms with Crippen LogP contribution < -0.4 is 4.72 Å². The van der Waals surface area contributed by atoms with Gasteiger partial charge >= 0.3 is 0 Å². The average Bonchev–Trinajstić information content (AvgIpc) is 2.85. The van der Waals surface area contributed by atoms with E-state index in [2.05, 4.69) is 4.72 Å². The van der Waals surface area contributed by atoms with Crippen molar-refractivity contribution in [2.45, 2.75) is 18.7 Å². The van der Waals surface area contributed by atoms with Gasteiger partial charge in [-0.25, -0.2) is 13.1 Å². The van der Waals surface area contributed by atoms with Crippen LogP contribution in [-0.2, 0) is 15.8 Å². The van der Waals surface area contributed by atoms with Crippen molar-refractivity contribution >= 4 is 33.0 Å². The van der Waals surface area contributed by atoms with Gasteiger partial charge in [0.2, 0.25) is 10.0 Å². The summed E-state index contributed by atoms with van der Waals surface area (Å²) in [5.74, 6) is -0.109. The molecular formula is C13H14ClNO2S2. The Balaban J connectivity index is 2.09. The summed E-state index contributed by atoms with van der Waals surface area (Å²) in [5, 5.41) is 2.39. The van der Waals surface area contributed by atoms with Crippen molar-refractivity contribution in [3.05, 3.63) is 57.2 Å². The van der Waals surface area contributed by atoms with Crippen molar-refractivity contribution in [3.63, 3.8) is 0 Å². The van der Waals surface area contributed by atoms with Gasteiger partial charge < -0.3 is 0 Å². The molecule has 0 aliphatic rings. The number of nitrogens with one attached hydrogen (secondary N) is 1. The van der Waals surface area contributed by atoms with Crippen molar-refractivity contribution in [1.82, 2.24) is 4.72 Å². The maximum Gasteiger partial charge on any atom is 0.216 e. The van der Waals surface area contributed by atoms with Crippen LogP contribution in [-0.4, -0.2) is 8.42 Å². The third kappa shape index (κ3) is 4.04. The van der Waals surface area contributed by atoms with Crippen LogP contribution in [0.2, 0.25) is 5.02 Å². The molecule has 0 saturated heterocycles. The number of thiophene rings is 1. The van der Waals surface area contributed by atoms with Gasteiger partial charge in [-0.2, -0.15) is 0 Å². The summed E-state index contributed by atoms with van der Waals surface area (Å²) in [5.41, 5.74) is 0.607. The normalized spacial score (nSPS) is 13.4. The van der Waals surface area contributed by atoms with E-state index < -0.39 is 10.0 Å². The van der Waals surface area contributed by atoms with Crippen molar-refractivity contribution < 1.29 is 8.42 Å². The number of hydrogen-bond acceptors (Lipinski definition) is 3. The van der Waals surface area contributed by atoms with Gasteiger partial charge in [0.25, 0.3) is 0 Å². The van der Waals surface area contributed by atoms with E-state index in [-0.39, 0.29) is 11.8 Å². The molecular weight excluding hydrogens is 302 g/mol. The lowest BCUT2D eigenvalue weighted by atomic mass is 10.2. The van der Waals surface area contributed by atoms with E-state index in [1.54, 1.807) is 24.3 Å². The van der Waals surface area contributed by atoms with Crippen LogP contribution >= 0.6 is 22.9 Å². The van der Waals surface area contributed by atoms with Gasteiger partial charge in [-0.05, 0) is 30.0 Å². The summed E-state index contributed by atoms with van der Waals surface area (Å²) in [7, 11) is -3.41. The van der Waals surface area contributed by atoms with Gasteiger partial charge in [-0.3, -0.25) is 0 Å². The molecule has 2 rings (SSSR count). The zero-order valence-electron chi connectivity index (χ0n) is 10.3. The van der Waals surface area contributed by atoms with E-state index in [0.717, 1.165) is 4.88 Å². The standard InChI is InChI=1S/C13H14ClNO2S2/c1-10(13-7-4-8-18-13)15-19(16,17)9-11-5-2-3-6-12(11)14/h2-8,10,15H,9H2,1H3/t10-/m1/s1. The first kappa shape index (κ1) is 14.5. The minimum absolute atomic E-state index is 0.109. The maximum atomic E-state index is 12.1. The summed E-state index contributed by atoms with van der Waals surface area (Å²) in [6.07, 6.45) is 0. The molecule has 1 heterocycles. The molecule has 0 unspecified atom stereocenters. The Morgan fingerprint density at radius 2 is 2.00 bits per heavy atom. The largest absolute Gasteiger partial charge is 0.216 e. The Morgan fingerprint density at radius 1 is 1.26 bits per heavy atom. The molecule has 0 amide bonds. The van der Waals surface area contributed by atoms with E-state index in [4.69, 9.17) is 11.6 Å². The van der Waals surface area contributed by atoms with Crippen LogP contribution in [0.15, 0.2) is 41.8 Å². The minimum Gasteiger partial charge on any atom is -0.212 e. The highest BCUT2D eigenvalue weighted by atomic mass is 35.5. The predicted octanol–water partition coefficient (Wildman–Crippen LogP) is 3.58. The Hall–Kier alpha value is -0.880. The Morgan fingerprint density at radius 3 is 2.63 bits per heavy atom. The molecule has 102 valence electrons. The SMILES string of the molecule is C[C@@H](NS(=O)(=O)Cc1ccccc1Cl)c1cccs1. The molecule has 0 bridgehead atoms. The maximum absolute atomic E-state index is 12.1. The highest BCUT2D eigenvalue weighted by Gasteiger charge is 2.18. The zero-order valence-corrected chi connectivity index (χ0v) is 12.7. The summed E-state index contributed by atoms with van der Waals surface area (Å²) >= 11 is 7.50. The lowest BCUT2D eigenvalue weighted by Crippen LogP contribution is -2.27. The van der Waals surface area contributed by atoms with E-state index >= 15 is 0 Å². The van der Waals surface area contributed by atoms with Crippen molar-refractivity contribution in [2.24, 2.45) is 0 Å². The molecule has 6 heteroatoms. The monoisotopic (exact) mass is 315 g/mol. The summed E-state index contributed by atoms with van der Waals surface area (Å²) < 4.78 is 26.8. The molecule has 0 aliphatic heterocycles. The number of halogens is 1. The van der Waals surface area contributed by atoms with Gasteiger partial charge in [0, 0.05) is 9.90 Å². The zero-order chi connectivity index (χ0) is 13.9. The second-order valence-corrected chi connectivity index (χ2v) is 7.35. The third-order valence-corrected chi connectivity index (χ3v) is 5.46. The van der Waals surface area contributed by atoms with Gasteiger partial charge in [0.15, 0.2) is 0 Å². The Labute approximate surface area is 122 Å². The molecule has 0 spiro atoms. The molecule has 3 nitrogen and oxygen atoms in total. The Bertz CT molecular complexity index is 638. The smallest absolute Gasteiger partial charge is 0.212 e. The first-order valence-electron chi connectivity index (χ1n) is 5.75. The third-order valence-electron chi connectivity index (χ3n) is 2.63. The molecule has 1 aromatic carbocycles. The number of hydrogen-bond donors (Lipinski definition) is 1. The summed E-state index contributed by atoms with van der Waals surface area (Å²) in [4.78, 5) is 0.989. The van der Waals surface area contributed by atoms with E-state index in [1.165, 1.54) is 11.3 Å². The first-order chi connectivity index (χ1) is 8.98. The molecule has 0 aliphatic carbocycles. The second-order valence-electron chi connectivity index (χ2n) is 4.21. The first-order valence-corrected chi connectivity index (χ1v) is 8.66. The van der Waals surface area contributed by atoms with Gasteiger partial charge in [-0.15, -0.1) is 11.3 Å². The molecule has 1 aromatic heterocycles. The molecule has 0 radical (unpaired) electrons. The van der Waals surface area contributed by atoms with Gasteiger partial charge in [-0.1, -0.05) is 35.9 Å². The van der Waals surface area contributed by atoms with E-state index in [9.17, 15) is 8.42 Å². The highest BCUT2D eigenvalue weighted by Crippen LogP contribution is 2.21. The second kappa shape index (κ2) is 6.05. The average molecular weight is 316 g/mol. The molecule has 0 saturated carbocycles. The number of benzene rings is 1. The van der Waals surface area contributed by atoms with Crippen molar-refractivity contribution in [2.75, 3.05) is 0 Å². The topological polar surface area (TPSA) is 46.2 Å². The van der Waals surface area contributed by atoms with Crippen LogP contribution in [0.1, 0.15) is 23.4 Å². The summed E-state index contributed by atoms with van der Waals surface area (Å²) in [6.45, 7) is 1.83. The lowest BCUT2D eigenvalue weighted by molar-refractivity contribution is 0.567. The van der Waals surface area contributed by atoms with E-state index in [1.807, 2.05) is 24.4 Å². The minimum atomic E-state index is -3.41. The van der Waals surface area contributed by atoms with Crippen molar-refractivity contribution in [1.29, 1.82) is 0 Å². The Kier molecular flexibility index (Phi) is 4.62. The van der Waals surface area contributed by atoms with Crippen LogP contribution in [0.25, 0.3) is 0 Å². The predicted molar refractivity (Wildman–Crippen MR) is 79.9 cm³/mol. The van der Waals surface area contributed by atoms with Gasteiger partial charge in [0.05, 0.1) is 11.8 Å². The fraction of sp³-hybridized carbons (Fsp3) is 0.231. The fourth-order valence-electron chi connectivity index (χ4n) is 1.73. The van der Waals surface area contributed by atoms with Crippen molar-refractivity contribution in [3.8, 4) is 0 Å². The molecule has 2 aromatic rings. The molecule has 0 fully saturated rings. The lowest BCUT2D eigenvalue weighted by Gasteiger charge is -2.13. The number of rotatable bonds is 5. The van der Waals surface area contributed by atoms with Crippen LogP contribution in [0.5, 0.6) is 0 Å². The molecule has 1 N–H and O–H groups in total. The van der Waals surface area contributed by atoms with Crippen LogP contribution in [0.4, 0.5) is 0 Å². The van der Waals surface area contributed by atoms with Crippen LogP contribution in [0.3, 0.4) is 0 Å². The highest BCUT2D eigenvalue weighted by molar-refractivity contribution is 7.88. The number of sulfonamides is 1. The van der Waals surface area contributed by atoms with E-state index in [0.29, 0.717) is 10.6 Å². The van der Waals surface area contributed by atoms with Gasteiger partial charge in [0.1, 0.15) is 0 Å². The quantitative estimate of drug-likeness (QED) is 0.916. The molecule has 19 heavy (non-hydrogen) atoms. The summed E-state index contributed by atoms with van der Waals surface area (Å²) in [6, 6.07) is 10.5. The molecule has 1 atom stereocenters. The van der Waals surface area contributed by atoms with Crippen LogP contribution in [0, 0.1) is 0 Å².